The number of nitrogens with zero attached hydrogens (tertiary/aromatic N) is 4. The minimum Gasteiger partial charge on any atom is -0.340 e. The number of halogens is 3. The standard InChI is InChI=1S/C12H12F3N5OS/c1-7-4-3-5-8(16-7)17-9(21)6-20(2)11-19-18-10(22-11)12(13,14)15/h3-5H,6H2,1-2H3,(H,16,17,21). The predicted octanol–water partition coefficient (Wildman–Crippen LogP) is 2.34. The molecule has 0 bridgehead atoms. The van der Waals surface area contributed by atoms with Crippen molar-refractivity contribution in [1.29, 1.82) is 0 Å². The molecular formula is C12H12F3N5OS. The first kappa shape index (κ1) is 16.1. The lowest BCUT2D eigenvalue weighted by atomic mass is 10.3. The second kappa shape index (κ2) is 6.26. The van der Waals surface area contributed by atoms with Crippen molar-refractivity contribution in [2.24, 2.45) is 0 Å². The fourth-order valence-electron chi connectivity index (χ4n) is 1.56. The summed E-state index contributed by atoms with van der Waals surface area (Å²) in [5.41, 5.74) is 0.741. The average Bonchev–Trinajstić information content (AvgIpc) is 2.87. The van der Waals surface area contributed by atoms with E-state index in [-0.39, 0.29) is 11.7 Å². The Balaban J connectivity index is 1.98. The molecule has 22 heavy (non-hydrogen) atoms. The summed E-state index contributed by atoms with van der Waals surface area (Å²) in [6.07, 6.45) is -4.54. The van der Waals surface area contributed by atoms with Crippen LogP contribution in [0, 0.1) is 6.92 Å². The van der Waals surface area contributed by atoms with Gasteiger partial charge in [-0.3, -0.25) is 4.79 Å². The minimum atomic E-state index is -4.54. The van der Waals surface area contributed by atoms with Crippen molar-refractivity contribution < 1.29 is 18.0 Å². The third-order valence-corrected chi connectivity index (χ3v) is 3.60. The number of carbonyl (C=O) groups excluding carboxylic acids is 1. The van der Waals surface area contributed by atoms with Gasteiger partial charge in [0.25, 0.3) is 0 Å². The summed E-state index contributed by atoms with van der Waals surface area (Å²) in [5.74, 6) is -0.0315. The summed E-state index contributed by atoms with van der Waals surface area (Å²) >= 11 is 0.382. The Hall–Kier alpha value is -2.23. The Labute approximate surface area is 128 Å². The fourth-order valence-corrected chi connectivity index (χ4v) is 2.23. The van der Waals surface area contributed by atoms with Crippen LogP contribution in [0.1, 0.15) is 10.7 Å². The van der Waals surface area contributed by atoms with E-state index >= 15 is 0 Å². The maximum absolute atomic E-state index is 12.5. The number of pyridine rings is 1. The van der Waals surface area contributed by atoms with E-state index in [0.717, 1.165) is 5.69 Å². The van der Waals surface area contributed by atoms with Crippen molar-refractivity contribution in [3.05, 3.63) is 28.9 Å². The molecule has 0 aliphatic heterocycles. The van der Waals surface area contributed by atoms with Gasteiger partial charge in [0.05, 0.1) is 6.54 Å². The monoisotopic (exact) mass is 331 g/mol. The van der Waals surface area contributed by atoms with E-state index in [1.54, 1.807) is 25.1 Å². The largest absolute Gasteiger partial charge is 0.445 e. The van der Waals surface area contributed by atoms with E-state index in [1.165, 1.54) is 11.9 Å². The summed E-state index contributed by atoms with van der Waals surface area (Å²) in [6, 6.07) is 5.14. The third kappa shape index (κ3) is 4.13. The molecule has 1 amide bonds. The van der Waals surface area contributed by atoms with Gasteiger partial charge in [0.15, 0.2) is 0 Å². The number of anilines is 2. The lowest BCUT2D eigenvalue weighted by molar-refractivity contribution is -0.138. The molecule has 10 heteroatoms. The Morgan fingerprint density at radius 1 is 1.36 bits per heavy atom. The highest BCUT2D eigenvalue weighted by Crippen LogP contribution is 2.33. The minimum absolute atomic E-state index is 0.0136. The number of hydrogen-bond acceptors (Lipinski definition) is 6. The maximum atomic E-state index is 12.5. The molecule has 0 spiro atoms. The normalized spacial score (nSPS) is 11.3. The number of hydrogen-bond donors (Lipinski definition) is 1. The van der Waals surface area contributed by atoms with Gasteiger partial charge >= 0.3 is 6.18 Å². The van der Waals surface area contributed by atoms with Crippen LogP contribution in [0.15, 0.2) is 18.2 Å². The molecule has 1 N–H and O–H groups in total. The molecule has 2 aromatic heterocycles. The van der Waals surface area contributed by atoms with Crippen LogP contribution in [0.3, 0.4) is 0 Å². The smallest absolute Gasteiger partial charge is 0.340 e. The predicted molar refractivity (Wildman–Crippen MR) is 75.8 cm³/mol. The topological polar surface area (TPSA) is 71.0 Å². The van der Waals surface area contributed by atoms with Gasteiger partial charge in [-0.05, 0) is 19.1 Å². The molecule has 0 aromatic carbocycles. The van der Waals surface area contributed by atoms with Gasteiger partial charge in [0, 0.05) is 12.7 Å². The molecule has 0 aliphatic carbocycles. The van der Waals surface area contributed by atoms with Crippen LogP contribution in [0.25, 0.3) is 0 Å². The van der Waals surface area contributed by atoms with Gasteiger partial charge in [-0.25, -0.2) is 4.98 Å². The first-order chi connectivity index (χ1) is 10.3. The summed E-state index contributed by atoms with van der Waals surface area (Å²) in [4.78, 5) is 17.2. The van der Waals surface area contributed by atoms with Crippen molar-refractivity contribution in [2.75, 3.05) is 23.8 Å². The van der Waals surface area contributed by atoms with Crippen LogP contribution < -0.4 is 10.2 Å². The summed E-state index contributed by atoms with van der Waals surface area (Å²) in [5, 5.41) is 8.04. The fraction of sp³-hybridized carbons (Fsp3) is 0.333. The zero-order chi connectivity index (χ0) is 16.3. The van der Waals surface area contributed by atoms with E-state index in [4.69, 9.17) is 0 Å². The zero-order valence-electron chi connectivity index (χ0n) is 11.7. The van der Waals surface area contributed by atoms with E-state index in [9.17, 15) is 18.0 Å². The highest BCUT2D eigenvalue weighted by atomic mass is 32.1. The molecule has 2 aromatic rings. The SMILES string of the molecule is Cc1cccc(NC(=O)CN(C)c2nnc(C(F)(F)F)s2)n1. The molecule has 2 rings (SSSR count). The quantitative estimate of drug-likeness (QED) is 0.931. The van der Waals surface area contributed by atoms with Crippen molar-refractivity contribution in [1.82, 2.24) is 15.2 Å². The average molecular weight is 331 g/mol. The first-order valence-electron chi connectivity index (χ1n) is 6.11. The van der Waals surface area contributed by atoms with Crippen LogP contribution in [-0.4, -0.2) is 34.7 Å². The number of aromatic nitrogens is 3. The number of alkyl halides is 3. The van der Waals surface area contributed by atoms with Crippen molar-refractivity contribution >= 4 is 28.2 Å². The van der Waals surface area contributed by atoms with Gasteiger partial charge in [0.2, 0.25) is 16.0 Å². The number of carbonyl (C=O) groups is 1. The molecule has 0 atom stereocenters. The lowest BCUT2D eigenvalue weighted by Crippen LogP contribution is -2.30. The molecule has 2 heterocycles. The molecule has 0 fully saturated rings. The maximum Gasteiger partial charge on any atom is 0.445 e. The van der Waals surface area contributed by atoms with Gasteiger partial charge < -0.3 is 10.2 Å². The highest BCUT2D eigenvalue weighted by Gasteiger charge is 2.36. The summed E-state index contributed by atoms with van der Waals surface area (Å²) < 4.78 is 37.4. The summed E-state index contributed by atoms with van der Waals surface area (Å²) in [7, 11) is 1.46. The van der Waals surface area contributed by atoms with E-state index in [1.807, 2.05) is 0 Å². The number of nitrogens with one attached hydrogen (secondary N) is 1. The molecule has 0 unspecified atom stereocenters. The van der Waals surface area contributed by atoms with Crippen LogP contribution in [0.2, 0.25) is 0 Å². The molecule has 118 valence electrons. The van der Waals surface area contributed by atoms with Gasteiger partial charge in [-0.15, -0.1) is 10.2 Å². The molecule has 0 saturated carbocycles. The van der Waals surface area contributed by atoms with Crippen LogP contribution >= 0.6 is 11.3 Å². The Bertz CT molecular complexity index is 673. The zero-order valence-corrected chi connectivity index (χ0v) is 12.5. The van der Waals surface area contributed by atoms with Crippen LogP contribution in [0.5, 0.6) is 0 Å². The highest BCUT2D eigenvalue weighted by molar-refractivity contribution is 7.15. The van der Waals surface area contributed by atoms with Crippen molar-refractivity contribution in [3.63, 3.8) is 0 Å². The van der Waals surface area contributed by atoms with Gasteiger partial charge in [0.1, 0.15) is 5.82 Å². The number of aryl methyl sites for hydroxylation is 1. The Morgan fingerprint density at radius 3 is 2.68 bits per heavy atom. The van der Waals surface area contributed by atoms with Crippen molar-refractivity contribution in [2.45, 2.75) is 13.1 Å². The van der Waals surface area contributed by atoms with Gasteiger partial charge in [-0.1, -0.05) is 17.4 Å². The first-order valence-corrected chi connectivity index (χ1v) is 6.92. The molecule has 0 aliphatic rings. The second-order valence-electron chi connectivity index (χ2n) is 4.46. The number of rotatable bonds is 4. The molecule has 0 radical (unpaired) electrons. The van der Waals surface area contributed by atoms with Crippen molar-refractivity contribution in [3.8, 4) is 0 Å². The Kier molecular flexibility index (Phi) is 4.59. The summed E-state index contributed by atoms with van der Waals surface area (Å²) in [6.45, 7) is 1.61. The van der Waals surface area contributed by atoms with Crippen LogP contribution in [-0.2, 0) is 11.0 Å². The van der Waals surface area contributed by atoms with Crippen LogP contribution in [0.4, 0.5) is 24.1 Å². The van der Waals surface area contributed by atoms with E-state index in [0.29, 0.717) is 17.2 Å². The van der Waals surface area contributed by atoms with E-state index < -0.39 is 17.1 Å². The molecule has 6 nitrogen and oxygen atoms in total. The Morgan fingerprint density at radius 2 is 2.09 bits per heavy atom. The third-order valence-electron chi connectivity index (χ3n) is 2.52. The molecule has 0 saturated heterocycles. The molecular weight excluding hydrogens is 319 g/mol. The van der Waals surface area contributed by atoms with Gasteiger partial charge in [-0.2, -0.15) is 13.2 Å². The number of likely N-dealkylation sites (N-methyl/N-ethyl adjacent to an activating group) is 1. The van der Waals surface area contributed by atoms with E-state index in [2.05, 4.69) is 20.5 Å². The number of amides is 1. The second-order valence-corrected chi connectivity index (χ2v) is 5.41. The lowest BCUT2D eigenvalue weighted by Gasteiger charge is -2.14.